The van der Waals surface area contributed by atoms with Gasteiger partial charge in [-0.05, 0) is 49.8 Å². The Morgan fingerprint density at radius 3 is 2.81 bits per heavy atom. The van der Waals surface area contributed by atoms with Gasteiger partial charge in [-0.2, -0.15) is 0 Å². The van der Waals surface area contributed by atoms with Crippen molar-refractivity contribution in [1.82, 2.24) is 20.1 Å². The van der Waals surface area contributed by atoms with Crippen LogP contribution < -0.4 is 5.32 Å². The summed E-state index contributed by atoms with van der Waals surface area (Å²) in [6.45, 7) is 2.56. The Labute approximate surface area is 167 Å². The highest BCUT2D eigenvalue weighted by Crippen LogP contribution is 2.40. The number of hydrogen-bond donors (Lipinski definition) is 1. The van der Waals surface area contributed by atoms with Gasteiger partial charge in [0, 0.05) is 17.3 Å². The summed E-state index contributed by atoms with van der Waals surface area (Å²) in [5.41, 5.74) is 1.02. The summed E-state index contributed by atoms with van der Waals surface area (Å²) in [6.07, 6.45) is 3.19. The Balaban J connectivity index is 1.39. The molecule has 1 aliphatic carbocycles. The SMILES string of the molecule is CC(Sc1nc(C2CC2)n(-c2ccccc2)n1)C(=O)NCCc1cccs1. The van der Waals surface area contributed by atoms with Gasteiger partial charge in [0.05, 0.1) is 10.9 Å². The van der Waals surface area contributed by atoms with Crippen LogP contribution in [0.25, 0.3) is 5.69 Å². The lowest BCUT2D eigenvalue weighted by molar-refractivity contribution is -0.120. The molecule has 1 fully saturated rings. The minimum atomic E-state index is -0.230. The van der Waals surface area contributed by atoms with Crippen LogP contribution in [0.3, 0.4) is 0 Å². The monoisotopic (exact) mass is 398 g/mol. The van der Waals surface area contributed by atoms with E-state index in [4.69, 9.17) is 4.98 Å². The van der Waals surface area contributed by atoms with Crippen LogP contribution in [0.2, 0.25) is 0 Å². The Kier molecular flexibility index (Phi) is 5.59. The minimum absolute atomic E-state index is 0.0283. The molecule has 27 heavy (non-hydrogen) atoms. The van der Waals surface area contributed by atoms with E-state index in [1.165, 1.54) is 16.6 Å². The number of nitrogens with zero attached hydrogens (tertiary/aromatic N) is 3. The minimum Gasteiger partial charge on any atom is -0.355 e. The number of thioether (sulfide) groups is 1. The van der Waals surface area contributed by atoms with Crippen molar-refractivity contribution < 1.29 is 4.79 Å². The van der Waals surface area contributed by atoms with Crippen molar-refractivity contribution in [3.8, 4) is 5.69 Å². The standard InChI is InChI=1S/C20H22N4OS2/c1-14(19(25)21-12-11-17-8-5-13-26-17)27-20-22-18(15-9-10-15)24(23-20)16-6-3-2-4-7-16/h2-8,13-15H,9-12H2,1H3,(H,21,25). The number of hydrogen-bond acceptors (Lipinski definition) is 5. The molecule has 1 saturated carbocycles. The van der Waals surface area contributed by atoms with Gasteiger partial charge in [-0.3, -0.25) is 4.79 Å². The second-order valence-corrected chi connectivity index (χ2v) is 8.99. The number of aromatic nitrogens is 3. The normalized spacial score (nSPS) is 14.9. The molecule has 2 aromatic heterocycles. The first-order valence-corrected chi connectivity index (χ1v) is 11.0. The van der Waals surface area contributed by atoms with Gasteiger partial charge >= 0.3 is 0 Å². The van der Waals surface area contributed by atoms with E-state index in [9.17, 15) is 4.79 Å². The number of thiophene rings is 1. The summed E-state index contributed by atoms with van der Waals surface area (Å²) in [6, 6.07) is 14.2. The summed E-state index contributed by atoms with van der Waals surface area (Å²) in [5, 5.41) is 10.2. The Morgan fingerprint density at radius 2 is 2.11 bits per heavy atom. The molecule has 0 spiro atoms. The van der Waals surface area contributed by atoms with Crippen LogP contribution in [-0.2, 0) is 11.2 Å². The lowest BCUT2D eigenvalue weighted by Crippen LogP contribution is -2.32. The molecule has 0 aliphatic heterocycles. The fourth-order valence-corrected chi connectivity index (χ4v) is 4.33. The molecule has 140 valence electrons. The third-order valence-electron chi connectivity index (χ3n) is 4.46. The molecule has 4 rings (SSSR count). The first-order chi connectivity index (χ1) is 13.2. The molecule has 1 aliphatic rings. The lowest BCUT2D eigenvalue weighted by Gasteiger charge is -2.09. The summed E-state index contributed by atoms with van der Waals surface area (Å²) in [5.74, 6) is 1.52. The van der Waals surface area contributed by atoms with Gasteiger partial charge in [0.15, 0.2) is 0 Å². The van der Waals surface area contributed by atoms with Gasteiger partial charge in [0.2, 0.25) is 11.1 Å². The zero-order chi connectivity index (χ0) is 18.6. The fourth-order valence-electron chi connectivity index (χ4n) is 2.84. The van der Waals surface area contributed by atoms with Crippen molar-refractivity contribution in [1.29, 1.82) is 0 Å². The number of carbonyl (C=O) groups excluding carboxylic acids is 1. The molecule has 1 amide bonds. The smallest absolute Gasteiger partial charge is 0.233 e. The molecule has 0 bridgehead atoms. The average molecular weight is 399 g/mol. The largest absolute Gasteiger partial charge is 0.355 e. The number of amides is 1. The number of nitrogens with one attached hydrogen (secondary N) is 1. The van der Waals surface area contributed by atoms with Gasteiger partial charge in [-0.25, -0.2) is 9.67 Å². The number of rotatable bonds is 8. The van der Waals surface area contributed by atoms with E-state index in [1.807, 2.05) is 48.0 Å². The van der Waals surface area contributed by atoms with E-state index in [-0.39, 0.29) is 11.2 Å². The number of benzene rings is 1. The van der Waals surface area contributed by atoms with Crippen molar-refractivity contribution in [2.45, 2.75) is 42.5 Å². The molecule has 0 saturated heterocycles. The van der Waals surface area contributed by atoms with Gasteiger partial charge in [-0.1, -0.05) is 36.0 Å². The van der Waals surface area contributed by atoms with Crippen LogP contribution in [0.4, 0.5) is 0 Å². The van der Waals surface area contributed by atoms with Crippen molar-refractivity contribution in [2.75, 3.05) is 6.54 Å². The van der Waals surface area contributed by atoms with Gasteiger partial charge in [0.25, 0.3) is 0 Å². The van der Waals surface area contributed by atoms with E-state index in [0.717, 1.165) is 30.8 Å². The highest BCUT2D eigenvalue weighted by atomic mass is 32.2. The molecule has 3 aromatic rings. The first-order valence-electron chi connectivity index (χ1n) is 9.20. The van der Waals surface area contributed by atoms with E-state index in [2.05, 4.69) is 21.9 Å². The molecule has 1 aromatic carbocycles. The van der Waals surface area contributed by atoms with Crippen LogP contribution in [0.5, 0.6) is 0 Å². The third kappa shape index (κ3) is 4.59. The second-order valence-electron chi connectivity index (χ2n) is 6.65. The Hall–Kier alpha value is -2.12. The summed E-state index contributed by atoms with van der Waals surface area (Å²) >= 11 is 3.14. The summed E-state index contributed by atoms with van der Waals surface area (Å²) in [7, 11) is 0. The van der Waals surface area contributed by atoms with Crippen LogP contribution in [-0.4, -0.2) is 32.5 Å². The van der Waals surface area contributed by atoms with E-state index in [0.29, 0.717) is 17.6 Å². The lowest BCUT2D eigenvalue weighted by atomic mass is 10.3. The Bertz CT molecular complexity index is 888. The maximum Gasteiger partial charge on any atom is 0.233 e. The number of para-hydroxylation sites is 1. The molecule has 1 unspecified atom stereocenters. The topological polar surface area (TPSA) is 59.8 Å². The Morgan fingerprint density at radius 1 is 1.30 bits per heavy atom. The fraction of sp³-hybridized carbons (Fsp3) is 0.350. The van der Waals surface area contributed by atoms with Gasteiger partial charge in [0.1, 0.15) is 5.82 Å². The van der Waals surface area contributed by atoms with Crippen molar-refractivity contribution in [3.05, 3.63) is 58.5 Å². The molecule has 0 radical (unpaired) electrons. The van der Waals surface area contributed by atoms with Crippen molar-refractivity contribution in [3.63, 3.8) is 0 Å². The summed E-state index contributed by atoms with van der Waals surface area (Å²) < 4.78 is 1.93. The molecule has 5 nitrogen and oxygen atoms in total. The zero-order valence-electron chi connectivity index (χ0n) is 15.2. The highest BCUT2D eigenvalue weighted by molar-refractivity contribution is 8.00. The number of carbonyl (C=O) groups is 1. The maximum atomic E-state index is 12.4. The average Bonchev–Trinajstić information content (AvgIpc) is 3.23. The zero-order valence-corrected chi connectivity index (χ0v) is 16.8. The summed E-state index contributed by atoms with van der Waals surface area (Å²) in [4.78, 5) is 18.4. The van der Waals surface area contributed by atoms with Crippen LogP contribution in [0.1, 0.15) is 36.4 Å². The highest BCUT2D eigenvalue weighted by Gasteiger charge is 2.31. The van der Waals surface area contributed by atoms with Crippen LogP contribution in [0, 0.1) is 0 Å². The van der Waals surface area contributed by atoms with Gasteiger partial charge < -0.3 is 5.32 Å². The maximum absolute atomic E-state index is 12.4. The molecular formula is C20H22N4OS2. The first kappa shape index (κ1) is 18.3. The quantitative estimate of drug-likeness (QED) is 0.582. The van der Waals surface area contributed by atoms with Crippen molar-refractivity contribution >= 4 is 29.0 Å². The molecule has 7 heteroatoms. The predicted molar refractivity (Wildman–Crippen MR) is 110 cm³/mol. The molecule has 1 N–H and O–H groups in total. The molecule has 2 heterocycles. The third-order valence-corrected chi connectivity index (χ3v) is 6.35. The second kappa shape index (κ2) is 8.27. The van der Waals surface area contributed by atoms with E-state index in [1.54, 1.807) is 11.3 Å². The van der Waals surface area contributed by atoms with Gasteiger partial charge in [-0.15, -0.1) is 16.4 Å². The van der Waals surface area contributed by atoms with Crippen molar-refractivity contribution in [2.24, 2.45) is 0 Å². The molecule has 1 atom stereocenters. The predicted octanol–water partition coefficient (Wildman–Crippen LogP) is 4.05. The molecular weight excluding hydrogens is 376 g/mol. The van der Waals surface area contributed by atoms with Crippen LogP contribution in [0.15, 0.2) is 53.0 Å². The van der Waals surface area contributed by atoms with Crippen LogP contribution >= 0.6 is 23.1 Å². The van der Waals surface area contributed by atoms with E-state index < -0.39 is 0 Å². The van der Waals surface area contributed by atoms with E-state index >= 15 is 0 Å².